The summed E-state index contributed by atoms with van der Waals surface area (Å²) in [6, 6.07) is 17.3. The Kier molecular flexibility index (Phi) is 6.50. The van der Waals surface area contributed by atoms with E-state index in [2.05, 4.69) is 20.0 Å². The van der Waals surface area contributed by atoms with Gasteiger partial charge in [0, 0.05) is 22.0 Å². The summed E-state index contributed by atoms with van der Waals surface area (Å²) in [7, 11) is -3.83. The number of anilines is 2. The van der Waals surface area contributed by atoms with Gasteiger partial charge in [-0.15, -0.1) is 11.8 Å². The minimum Gasteiger partial charge on any atom is -0.325 e. The number of nitrogens with zero attached hydrogens (tertiary/aromatic N) is 2. The molecule has 0 atom stereocenters. The molecule has 0 saturated heterocycles. The summed E-state index contributed by atoms with van der Waals surface area (Å²) < 4.78 is 27.4. The van der Waals surface area contributed by atoms with Crippen LogP contribution in [0, 0.1) is 13.8 Å². The third kappa shape index (κ3) is 6.03. The highest BCUT2D eigenvalue weighted by Gasteiger charge is 2.16. The zero-order valence-electron chi connectivity index (χ0n) is 15.9. The molecule has 0 aliphatic carbocycles. The number of aromatic nitrogens is 2. The van der Waals surface area contributed by atoms with Crippen LogP contribution in [-0.2, 0) is 14.8 Å². The molecular weight excluding hydrogens is 408 g/mol. The molecule has 29 heavy (non-hydrogen) atoms. The molecule has 3 aromatic rings. The molecule has 0 bridgehead atoms. The maximum Gasteiger partial charge on any atom is 0.264 e. The van der Waals surface area contributed by atoms with Gasteiger partial charge in [-0.2, -0.15) is 0 Å². The molecule has 0 fully saturated rings. The quantitative estimate of drug-likeness (QED) is 0.558. The van der Waals surface area contributed by atoms with E-state index in [0.29, 0.717) is 17.1 Å². The van der Waals surface area contributed by atoms with Crippen LogP contribution < -0.4 is 10.0 Å². The van der Waals surface area contributed by atoms with Crippen molar-refractivity contribution in [3.05, 3.63) is 72.1 Å². The highest BCUT2D eigenvalue weighted by atomic mass is 32.2. The minimum atomic E-state index is -3.83. The van der Waals surface area contributed by atoms with Gasteiger partial charge in [0.05, 0.1) is 10.6 Å². The number of benzene rings is 2. The van der Waals surface area contributed by atoms with Crippen molar-refractivity contribution in [3.63, 3.8) is 0 Å². The standard InChI is InChI=1S/C20H20N4O3S2/c1-14-12-15(2)22-20(21-14)24-29(26,27)18-10-8-16(9-11-18)23-19(25)13-28-17-6-4-3-5-7-17/h3-12H,13H2,1-2H3,(H,23,25)(H,21,22,24). The van der Waals surface area contributed by atoms with Crippen molar-refractivity contribution < 1.29 is 13.2 Å². The van der Waals surface area contributed by atoms with Gasteiger partial charge in [-0.3, -0.25) is 4.79 Å². The number of thioether (sulfide) groups is 1. The summed E-state index contributed by atoms with van der Waals surface area (Å²) in [5.74, 6) is 0.115. The van der Waals surface area contributed by atoms with Crippen LogP contribution in [0.1, 0.15) is 11.4 Å². The lowest BCUT2D eigenvalue weighted by Gasteiger charge is -2.09. The van der Waals surface area contributed by atoms with Crippen LogP contribution in [0.25, 0.3) is 0 Å². The molecule has 1 aromatic heterocycles. The molecule has 0 saturated carbocycles. The van der Waals surface area contributed by atoms with Crippen LogP contribution >= 0.6 is 11.8 Å². The van der Waals surface area contributed by atoms with Crippen molar-refractivity contribution in [1.82, 2.24) is 9.97 Å². The van der Waals surface area contributed by atoms with Crippen LogP contribution in [0.2, 0.25) is 0 Å². The molecular formula is C20H20N4O3S2. The number of rotatable bonds is 7. The Labute approximate surface area is 174 Å². The van der Waals surface area contributed by atoms with Crippen LogP contribution in [-0.4, -0.2) is 30.0 Å². The second-order valence-electron chi connectivity index (χ2n) is 6.25. The summed E-state index contributed by atoms with van der Waals surface area (Å²) >= 11 is 1.43. The van der Waals surface area contributed by atoms with Crippen molar-refractivity contribution in [1.29, 1.82) is 0 Å². The SMILES string of the molecule is Cc1cc(C)nc(NS(=O)(=O)c2ccc(NC(=O)CSc3ccccc3)cc2)n1. The molecule has 0 aliphatic heterocycles. The summed E-state index contributed by atoms with van der Waals surface area (Å²) in [4.78, 5) is 21.3. The van der Waals surface area contributed by atoms with Gasteiger partial charge in [-0.1, -0.05) is 18.2 Å². The van der Waals surface area contributed by atoms with Gasteiger partial charge in [0.1, 0.15) is 0 Å². The fraction of sp³-hybridized carbons (Fsp3) is 0.150. The van der Waals surface area contributed by atoms with Gasteiger partial charge in [-0.05, 0) is 56.3 Å². The number of carbonyl (C=O) groups is 1. The van der Waals surface area contributed by atoms with E-state index in [4.69, 9.17) is 0 Å². The highest BCUT2D eigenvalue weighted by molar-refractivity contribution is 8.00. The Bertz CT molecular complexity index is 1080. The molecule has 3 rings (SSSR count). The van der Waals surface area contributed by atoms with Crippen molar-refractivity contribution in [2.75, 3.05) is 15.8 Å². The normalized spacial score (nSPS) is 11.1. The first-order chi connectivity index (χ1) is 13.8. The minimum absolute atomic E-state index is 0.0258. The number of aryl methyl sites for hydroxylation is 2. The summed E-state index contributed by atoms with van der Waals surface area (Å²) in [6.07, 6.45) is 0. The van der Waals surface area contributed by atoms with Crippen molar-refractivity contribution in [2.45, 2.75) is 23.6 Å². The second kappa shape index (κ2) is 9.06. The zero-order chi connectivity index (χ0) is 20.9. The van der Waals surface area contributed by atoms with Gasteiger partial charge >= 0.3 is 0 Å². The second-order valence-corrected chi connectivity index (χ2v) is 8.99. The van der Waals surface area contributed by atoms with Crippen molar-refractivity contribution >= 4 is 39.3 Å². The van der Waals surface area contributed by atoms with E-state index in [0.717, 1.165) is 4.90 Å². The van der Waals surface area contributed by atoms with E-state index >= 15 is 0 Å². The molecule has 0 aliphatic rings. The van der Waals surface area contributed by atoms with E-state index in [1.165, 1.54) is 23.9 Å². The van der Waals surface area contributed by atoms with E-state index < -0.39 is 10.0 Å². The molecule has 2 aromatic carbocycles. The summed E-state index contributed by atoms with van der Waals surface area (Å²) in [5.41, 5.74) is 1.86. The Morgan fingerprint density at radius 2 is 1.59 bits per heavy atom. The largest absolute Gasteiger partial charge is 0.325 e. The lowest BCUT2D eigenvalue weighted by Crippen LogP contribution is -2.16. The first-order valence-corrected chi connectivity index (χ1v) is 11.2. The Balaban J connectivity index is 1.62. The molecule has 150 valence electrons. The number of amides is 1. The number of nitrogens with one attached hydrogen (secondary N) is 2. The maximum atomic E-state index is 12.5. The number of hydrogen-bond acceptors (Lipinski definition) is 6. The van der Waals surface area contributed by atoms with Crippen LogP contribution in [0.5, 0.6) is 0 Å². The van der Waals surface area contributed by atoms with Gasteiger partial charge in [0.25, 0.3) is 10.0 Å². The Morgan fingerprint density at radius 1 is 0.966 bits per heavy atom. The molecule has 1 amide bonds. The predicted molar refractivity (Wildman–Crippen MR) is 115 cm³/mol. The number of carbonyl (C=O) groups excluding carboxylic acids is 1. The van der Waals surface area contributed by atoms with Crippen molar-refractivity contribution in [3.8, 4) is 0 Å². The third-order valence-corrected chi connectivity index (χ3v) is 6.13. The highest BCUT2D eigenvalue weighted by Crippen LogP contribution is 2.19. The smallest absolute Gasteiger partial charge is 0.264 e. The maximum absolute atomic E-state index is 12.5. The summed E-state index contributed by atoms with van der Waals surface area (Å²) in [6.45, 7) is 3.53. The molecule has 1 heterocycles. The van der Waals surface area contributed by atoms with Gasteiger partial charge in [0.2, 0.25) is 11.9 Å². The predicted octanol–water partition coefficient (Wildman–Crippen LogP) is 3.63. The van der Waals surface area contributed by atoms with E-state index in [1.807, 2.05) is 30.3 Å². The van der Waals surface area contributed by atoms with Crippen LogP contribution in [0.3, 0.4) is 0 Å². The first-order valence-electron chi connectivity index (χ1n) is 8.75. The molecule has 0 radical (unpaired) electrons. The number of hydrogen-bond donors (Lipinski definition) is 2. The lowest BCUT2D eigenvalue weighted by molar-refractivity contribution is -0.113. The van der Waals surface area contributed by atoms with Crippen molar-refractivity contribution in [2.24, 2.45) is 0 Å². The fourth-order valence-electron chi connectivity index (χ4n) is 2.53. The molecule has 9 heteroatoms. The van der Waals surface area contributed by atoms with Gasteiger partial charge in [0.15, 0.2) is 0 Å². The van der Waals surface area contributed by atoms with E-state index in [9.17, 15) is 13.2 Å². The monoisotopic (exact) mass is 428 g/mol. The lowest BCUT2D eigenvalue weighted by atomic mass is 10.3. The Morgan fingerprint density at radius 3 is 2.21 bits per heavy atom. The first kappa shape index (κ1) is 20.8. The molecule has 7 nitrogen and oxygen atoms in total. The van der Waals surface area contributed by atoms with Gasteiger partial charge < -0.3 is 5.32 Å². The molecule has 0 spiro atoms. The van der Waals surface area contributed by atoms with Crippen LogP contribution in [0.4, 0.5) is 11.6 Å². The average molecular weight is 429 g/mol. The summed E-state index contributed by atoms with van der Waals surface area (Å²) in [5, 5.41) is 2.76. The topological polar surface area (TPSA) is 101 Å². The zero-order valence-corrected chi connectivity index (χ0v) is 17.5. The third-order valence-electron chi connectivity index (χ3n) is 3.77. The molecule has 2 N–H and O–H groups in total. The fourth-order valence-corrected chi connectivity index (χ4v) is 4.19. The van der Waals surface area contributed by atoms with Gasteiger partial charge in [-0.25, -0.2) is 23.1 Å². The van der Waals surface area contributed by atoms with Crippen LogP contribution in [0.15, 0.2) is 70.5 Å². The van der Waals surface area contributed by atoms with E-state index in [-0.39, 0.29) is 22.5 Å². The number of sulfonamides is 1. The Hall–Kier alpha value is -2.91. The molecule has 0 unspecified atom stereocenters. The average Bonchev–Trinajstić information content (AvgIpc) is 2.66. The van der Waals surface area contributed by atoms with E-state index in [1.54, 1.807) is 32.0 Å².